The lowest BCUT2D eigenvalue weighted by Crippen LogP contribution is -2.27. The Labute approximate surface area is 94.8 Å². The molecule has 16 heavy (non-hydrogen) atoms. The Hall–Kier alpha value is -0.680. The lowest BCUT2D eigenvalue weighted by Gasteiger charge is -2.16. The van der Waals surface area contributed by atoms with E-state index in [-0.39, 0.29) is 11.7 Å². The molecule has 0 N–H and O–H groups in total. The van der Waals surface area contributed by atoms with Gasteiger partial charge < -0.3 is 0 Å². The van der Waals surface area contributed by atoms with E-state index in [9.17, 15) is 13.2 Å². The number of carbonyl (C=O) groups is 1. The predicted molar refractivity (Wildman–Crippen MR) is 57.1 cm³/mol. The maximum absolute atomic E-state index is 11.8. The van der Waals surface area contributed by atoms with Crippen LogP contribution in [0.2, 0.25) is 0 Å². The van der Waals surface area contributed by atoms with Crippen LogP contribution in [0.25, 0.3) is 0 Å². The van der Waals surface area contributed by atoms with E-state index in [0.29, 0.717) is 30.6 Å². The first-order valence-electron chi connectivity index (χ1n) is 5.55. The number of Topliss-reactive ketones (excluding diaryl/α,β-unsaturated/α-hetero) is 1. The number of carbonyl (C=O) groups excluding carboxylic acids is 1. The van der Waals surface area contributed by atoms with Crippen molar-refractivity contribution in [3.8, 4) is 0 Å². The van der Waals surface area contributed by atoms with Gasteiger partial charge in [-0.3, -0.25) is 8.98 Å². The number of rotatable bonds is 2. The summed E-state index contributed by atoms with van der Waals surface area (Å²) in [6.45, 7) is 0. The van der Waals surface area contributed by atoms with Gasteiger partial charge in [0.2, 0.25) is 0 Å². The van der Waals surface area contributed by atoms with E-state index in [4.69, 9.17) is 4.18 Å². The summed E-state index contributed by atoms with van der Waals surface area (Å²) in [5.74, 6) is 0.957. The summed E-state index contributed by atoms with van der Waals surface area (Å²) in [5, 5.41) is 0. The fraction of sp³-hybridized carbons (Fsp3) is 0.727. The molecular weight excluding hydrogens is 228 g/mol. The molecule has 2 saturated carbocycles. The highest BCUT2D eigenvalue weighted by Crippen LogP contribution is 2.54. The molecule has 4 nitrogen and oxygen atoms in total. The first kappa shape index (κ1) is 10.5. The molecule has 0 bridgehead atoms. The highest BCUT2D eigenvalue weighted by Gasteiger charge is 2.56. The molecule has 3 aliphatic carbocycles. The van der Waals surface area contributed by atoms with Gasteiger partial charge in [0.25, 0.3) is 10.1 Å². The summed E-state index contributed by atoms with van der Waals surface area (Å²) >= 11 is 0. The maximum atomic E-state index is 11.8. The molecule has 0 aromatic carbocycles. The lowest BCUT2D eigenvalue weighted by molar-refractivity contribution is -0.122. The Bertz CT molecular complexity index is 464. The van der Waals surface area contributed by atoms with Crippen LogP contribution >= 0.6 is 0 Å². The molecule has 0 radical (unpaired) electrons. The van der Waals surface area contributed by atoms with Crippen LogP contribution in [0.4, 0.5) is 0 Å². The van der Waals surface area contributed by atoms with Gasteiger partial charge in [-0.1, -0.05) is 12.2 Å². The molecule has 3 aliphatic rings. The molecule has 5 atom stereocenters. The molecule has 0 amide bonds. The van der Waals surface area contributed by atoms with E-state index < -0.39 is 16.2 Å². The van der Waals surface area contributed by atoms with Gasteiger partial charge in [-0.15, -0.1) is 0 Å². The van der Waals surface area contributed by atoms with Crippen LogP contribution in [0, 0.1) is 23.7 Å². The quantitative estimate of drug-likeness (QED) is 0.529. The first-order chi connectivity index (χ1) is 7.46. The Balaban J connectivity index is 1.89. The van der Waals surface area contributed by atoms with Crippen LogP contribution in [0.15, 0.2) is 12.2 Å². The summed E-state index contributed by atoms with van der Waals surface area (Å²) in [7, 11) is -3.46. The van der Waals surface area contributed by atoms with Crippen molar-refractivity contribution in [2.75, 3.05) is 6.26 Å². The molecular formula is C11H14O4S. The smallest absolute Gasteiger partial charge is 0.264 e. The van der Waals surface area contributed by atoms with E-state index in [1.165, 1.54) is 0 Å². The zero-order chi connectivity index (χ0) is 11.5. The highest BCUT2D eigenvalue weighted by atomic mass is 32.2. The minimum atomic E-state index is -3.46. The fourth-order valence-electron chi connectivity index (χ4n) is 3.61. The average molecular weight is 242 g/mol. The van der Waals surface area contributed by atoms with Crippen molar-refractivity contribution >= 4 is 15.9 Å². The van der Waals surface area contributed by atoms with Gasteiger partial charge in [0.1, 0.15) is 5.78 Å². The van der Waals surface area contributed by atoms with Crippen LogP contribution in [0.5, 0.6) is 0 Å². The summed E-state index contributed by atoms with van der Waals surface area (Å²) < 4.78 is 27.3. The predicted octanol–water partition coefficient (Wildman–Crippen LogP) is 0.742. The second-order valence-corrected chi connectivity index (χ2v) is 6.66. The van der Waals surface area contributed by atoms with Gasteiger partial charge in [0.05, 0.1) is 12.4 Å². The summed E-state index contributed by atoms with van der Waals surface area (Å²) in [5.41, 5.74) is 0. The van der Waals surface area contributed by atoms with Gasteiger partial charge in [-0.05, 0) is 24.2 Å². The molecule has 0 aromatic rings. The van der Waals surface area contributed by atoms with Crippen molar-refractivity contribution in [2.45, 2.75) is 18.9 Å². The molecule has 0 aliphatic heterocycles. The first-order valence-corrected chi connectivity index (χ1v) is 7.36. The largest absolute Gasteiger partial charge is 0.299 e. The number of hydrogen-bond acceptors (Lipinski definition) is 4. The van der Waals surface area contributed by atoms with Crippen molar-refractivity contribution in [2.24, 2.45) is 23.7 Å². The van der Waals surface area contributed by atoms with Gasteiger partial charge in [0, 0.05) is 12.3 Å². The van der Waals surface area contributed by atoms with Crippen molar-refractivity contribution < 1.29 is 17.4 Å². The topological polar surface area (TPSA) is 60.4 Å². The molecule has 2 fully saturated rings. The van der Waals surface area contributed by atoms with Crippen LogP contribution in [-0.2, 0) is 19.1 Å². The third kappa shape index (κ3) is 1.45. The monoisotopic (exact) mass is 242 g/mol. The SMILES string of the molecule is CS(=O)(=O)O[C@@H]1C[C@@H]2C=C[C@@H]3CC(=O)[C@@H]1[C@H]32. The normalized spacial score (nSPS) is 45.3. The van der Waals surface area contributed by atoms with E-state index in [1.807, 2.05) is 0 Å². The van der Waals surface area contributed by atoms with Crippen LogP contribution in [0.3, 0.4) is 0 Å². The number of allylic oxidation sites excluding steroid dienone is 2. The standard InChI is InChI=1S/C11H14O4S/c1-16(13,14)15-9-5-7-3-2-6-4-8(12)11(9)10(6)7/h2-3,6-7,9-11H,4-5H2,1H3/t6-,7+,9-,10-,11+/m1/s1. The highest BCUT2D eigenvalue weighted by molar-refractivity contribution is 7.86. The molecule has 3 rings (SSSR count). The van der Waals surface area contributed by atoms with E-state index >= 15 is 0 Å². The Morgan fingerprint density at radius 3 is 2.69 bits per heavy atom. The molecule has 0 saturated heterocycles. The summed E-state index contributed by atoms with van der Waals surface area (Å²) in [4.78, 5) is 11.8. The summed E-state index contributed by atoms with van der Waals surface area (Å²) in [6.07, 6.45) is 6.10. The minimum absolute atomic E-state index is 0.176. The zero-order valence-electron chi connectivity index (χ0n) is 9.00. The van der Waals surface area contributed by atoms with Crippen LogP contribution < -0.4 is 0 Å². The average Bonchev–Trinajstić information content (AvgIpc) is 2.70. The van der Waals surface area contributed by atoms with Gasteiger partial charge in [-0.2, -0.15) is 8.42 Å². The fourth-order valence-corrected chi connectivity index (χ4v) is 4.26. The Morgan fingerprint density at radius 1 is 1.31 bits per heavy atom. The van der Waals surface area contributed by atoms with Crippen LogP contribution in [0.1, 0.15) is 12.8 Å². The van der Waals surface area contributed by atoms with Crippen molar-refractivity contribution in [3.63, 3.8) is 0 Å². The molecule has 0 aromatic heterocycles. The minimum Gasteiger partial charge on any atom is -0.299 e. The van der Waals surface area contributed by atoms with Crippen molar-refractivity contribution in [1.29, 1.82) is 0 Å². The second kappa shape index (κ2) is 3.17. The number of ketones is 1. The van der Waals surface area contributed by atoms with Crippen molar-refractivity contribution in [1.82, 2.24) is 0 Å². The van der Waals surface area contributed by atoms with Crippen molar-refractivity contribution in [3.05, 3.63) is 12.2 Å². The summed E-state index contributed by atoms with van der Waals surface area (Å²) in [6, 6.07) is 0. The molecule has 5 heteroatoms. The van der Waals surface area contributed by atoms with E-state index in [0.717, 1.165) is 6.26 Å². The zero-order valence-corrected chi connectivity index (χ0v) is 9.81. The van der Waals surface area contributed by atoms with E-state index in [1.54, 1.807) is 0 Å². The second-order valence-electron chi connectivity index (χ2n) is 5.06. The molecule has 0 heterocycles. The Kier molecular flexibility index (Phi) is 2.07. The number of hydrogen-bond donors (Lipinski definition) is 0. The van der Waals surface area contributed by atoms with Crippen LogP contribution in [-0.4, -0.2) is 26.6 Å². The third-order valence-corrected chi connectivity index (χ3v) is 4.62. The van der Waals surface area contributed by atoms with Gasteiger partial charge in [-0.25, -0.2) is 0 Å². The molecule has 88 valence electrons. The van der Waals surface area contributed by atoms with Gasteiger partial charge >= 0.3 is 0 Å². The molecule has 0 spiro atoms. The van der Waals surface area contributed by atoms with E-state index in [2.05, 4.69) is 12.2 Å². The molecule has 0 unspecified atom stereocenters. The maximum Gasteiger partial charge on any atom is 0.264 e. The Morgan fingerprint density at radius 2 is 2.00 bits per heavy atom. The van der Waals surface area contributed by atoms with Gasteiger partial charge in [0.15, 0.2) is 0 Å². The third-order valence-electron chi connectivity index (χ3n) is 4.02. The lowest BCUT2D eigenvalue weighted by atomic mass is 9.91.